The van der Waals surface area contributed by atoms with Crippen LogP contribution < -0.4 is 0 Å². The van der Waals surface area contributed by atoms with Gasteiger partial charge in [-0.3, -0.25) is 4.79 Å². The van der Waals surface area contributed by atoms with E-state index in [1.807, 2.05) is 19.9 Å². The largest absolute Gasteiger partial charge is 0.296 e. The van der Waals surface area contributed by atoms with Crippen LogP contribution >= 0.6 is 0 Å². The Labute approximate surface area is 94.2 Å². The van der Waals surface area contributed by atoms with Crippen molar-refractivity contribution >= 4 is 6.29 Å². The van der Waals surface area contributed by atoms with E-state index in [1.165, 1.54) is 11.9 Å². The van der Waals surface area contributed by atoms with Crippen LogP contribution in [0.2, 0.25) is 0 Å². The lowest BCUT2D eigenvalue weighted by atomic mass is 10.0. The number of carbonyl (C=O) groups excluding carboxylic acids is 1. The van der Waals surface area contributed by atoms with Crippen LogP contribution in [0.25, 0.3) is 11.3 Å². The Bertz CT molecular complexity index is 535. The number of aromatic nitrogens is 2. The van der Waals surface area contributed by atoms with Gasteiger partial charge in [0, 0.05) is 5.56 Å². The van der Waals surface area contributed by atoms with Crippen LogP contribution in [-0.2, 0) is 0 Å². The number of rotatable bonds is 2. The lowest BCUT2D eigenvalue weighted by molar-refractivity contribution is 0.111. The molecular weight excluding hydrogens is 200 g/mol. The molecule has 0 saturated heterocycles. The second kappa shape index (κ2) is 4.23. The van der Waals surface area contributed by atoms with Gasteiger partial charge in [0.2, 0.25) is 0 Å². The highest BCUT2D eigenvalue weighted by Gasteiger charge is 2.04. The number of aldehydes is 1. The Morgan fingerprint density at radius 2 is 1.94 bits per heavy atom. The molecule has 2 aromatic rings. The lowest BCUT2D eigenvalue weighted by Crippen LogP contribution is -1.93. The van der Waals surface area contributed by atoms with Gasteiger partial charge in [0.25, 0.3) is 0 Å². The maximum atomic E-state index is 10.7. The van der Waals surface area contributed by atoms with Gasteiger partial charge in [0.15, 0.2) is 6.29 Å². The van der Waals surface area contributed by atoms with Crippen LogP contribution in [0.1, 0.15) is 21.6 Å². The van der Waals surface area contributed by atoms with Crippen molar-refractivity contribution in [3.05, 3.63) is 47.4 Å². The van der Waals surface area contributed by atoms with Crippen molar-refractivity contribution in [2.45, 2.75) is 13.8 Å². The third-order valence-corrected chi connectivity index (χ3v) is 2.48. The second-order valence-corrected chi connectivity index (χ2v) is 3.76. The van der Waals surface area contributed by atoms with E-state index >= 15 is 0 Å². The van der Waals surface area contributed by atoms with Crippen molar-refractivity contribution in [2.24, 2.45) is 0 Å². The first kappa shape index (κ1) is 10.5. The molecule has 80 valence electrons. The van der Waals surface area contributed by atoms with E-state index in [0.29, 0.717) is 5.69 Å². The van der Waals surface area contributed by atoms with Crippen molar-refractivity contribution in [3.8, 4) is 11.3 Å². The van der Waals surface area contributed by atoms with Gasteiger partial charge in [-0.25, -0.2) is 9.97 Å². The van der Waals surface area contributed by atoms with E-state index in [9.17, 15) is 4.79 Å². The van der Waals surface area contributed by atoms with E-state index in [4.69, 9.17) is 0 Å². The molecule has 0 amide bonds. The first-order valence-electron chi connectivity index (χ1n) is 5.05. The van der Waals surface area contributed by atoms with E-state index in [0.717, 1.165) is 23.1 Å². The number of nitrogens with zero attached hydrogens (tertiary/aromatic N) is 2. The minimum atomic E-state index is 0.408. The van der Waals surface area contributed by atoms with Crippen LogP contribution in [0.15, 0.2) is 30.6 Å². The predicted molar refractivity (Wildman–Crippen MR) is 62.3 cm³/mol. The molecule has 0 N–H and O–H groups in total. The minimum absolute atomic E-state index is 0.408. The van der Waals surface area contributed by atoms with Crippen molar-refractivity contribution in [1.82, 2.24) is 9.97 Å². The molecule has 0 radical (unpaired) electrons. The Morgan fingerprint density at radius 3 is 2.69 bits per heavy atom. The summed E-state index contributed by atoms with van der Waals surface area (Å²) < 4.78 is 0. The predicted octanol–water partition coefficient (Wildman–Crippen LogP) is 2.57. The molecule has 16 heavy (non-hydrogen) atoms. The molecule has 1 heterocycles. The van der Waals surface area contributed by atoms with Gasteiger partial charge >= 0.3 is 0 Å². The number of hydrogen-bond donors (Lipinski definition) is 0. The fraction of sp³-hybridized carbons (Fsp3) is 0.154. The molecule has 0 aliphatic heterocycles. The highest BCUT2D eigenvalue weighted by Crippen LogP contribution is 2.22. The summed E-state index contributed by atoms with van der Waals surface area (Å²) in [4.78, 5) is 18.7. The van der Waals surface area contributed by atoms with Crippen molar-refractivity contribution < 1.29 is 4.79 Å². The molecule has 0 fully saturated rings. The third kappa shape index (κ3) is 1.98. The molecule has 3 heteroatoms. The molecule has 0 saturated carbocycles. The maximum absolute atomic E-state index is 10.7. The van der Waals surface area contributed by atoms with E-state index < -0.39 is 0 Å². The summed E-state index contributed by atoms with van der Waals surface area (Å²) >= 11 is 0. The molecule has 0 aliphatic carbocycles. The fourth-order valence-electron chi connectivity index (χ4n) is 1.60. The highest BCUT2D eigenvalue weighted by molar-refractivity contribution is 5.75. The molecule has 0 bridgehead atoms. The zero-order chi connectivity index (χ0) is 11.5. The average molecular weight is 212 g/mol. The van der Waals surface area contributed by atoms with Crippen LogP contribution in [0, 0.1) is 13.8 Å². The Kier molecular flexibility index (Phi) is 2.77. The van der Waals surface area contributed by atoms with E-state index in [2.05, 4.69) is 22.1 Å². The first-order valence-corrected chi connectivity index (χ1v) is 5.05. The number of aryl methyl sites for hydroxylation is 2. The second-order valence-electron chi connectivity index (χ2n) is 3.76. The molecule has 0 aliphatic rings. The van der Waals surface area contributed by atoms with E-state index in [1.54, 1.807) is 6.07 Å². The van der Waals surface area contributed by atoms with Crippen molar-refractivity contribution in [1.29, 1.82) is 0 Å². The van der Waals surface area contributed by atoms with Gasteiger partial charge in [-0.1, -0.05) is 17.7 Å². The van der Waals surface area contributed by atoms with Crippen LogP contribution in [0.5, 0.6) is 0 Å². The van der Waals surface area contributed by atoms with Gasteiger partial charge in [0.1, 0.15) is 12.0 Å². The number of carbonyl (C=O) groups is 1. The topological polar surface area (TPSA) is 42.9 Å². The summed E-state index contributed by atoms with van der Waals surface area (Å²) in [7, 11) is 0. The Hall–Kier alpha value is -2.03. The Balaban J connectivity index is 2.57. The highest BCUT2D eigenvalue weighted by atomic mass is 16.1. The normalized spacial score (nSPS) is 10.1. The summed E-state index contributed by atoms with van der Waals surface area (Å²) in [6, 6.07) is 7.87. The minimum Gasteiger partial charge on any atom is -0.296 e. The van der Waals surface area contributed by atoms with Crippen LogP contribution in [0.3, 0.4) is 0 Å². The molecule has 1 aromatic heterocycles. The molecular formula is C13H12N2O. The summed E-state index contributed by atoms with van der Waals surface area (Å²) in [6.07, 6.45) is 2.15. The molecule has 0 unspecified atom stereocenters. The Morgan fingerprint density at radius 1 is 1.12 bits per heavy atom. The lowest BCUT2D eigenvalue weighted by Gasteiger charge is -2.06. The smallest absolute Gasteiger partial charge is 0.168 e. The van der Waals surface area contributed by atoms with Gasteiger partial charge in [-0.2, -0.15) is 0 Å². The fourth-order valence-corrected chi connectivity index (χ4v) is 1.60. The molecule has 0 spiro atoms. The summed E-state index contributed by atoms with van der Waals surface area (Å²) in [6.45, 7) is 4.06. The summed E-state index contributed by atoms with van der Waals surface area (Å²) in [5, 5.41) is 0. The molecule has 1 aromatic carbocycles. The third-order valence-electron chi connectivity index (χ3n) is 2.48. The molecule has 0 atom stereocenters. The van der Waals surface area contributed by atoms with Crippen molar-refractivity contribution in [2.75, 3.05) is 0 Å². The molecule has 2 rings (SSSR count). The number of hydrogen-bond acceptors (Lipinski definition) is 3. The SMILES string of the molecule is Cc1ccc(C)c(-c2cc(C=O)ncn2)c1. The molecule has 3 nitrogen and oxygen atoms in total. The summed E-state index contributed by atoms with van der Waals surface area (Å²) in [5.74, 6) is 0. The zero-order valence-corrected chi connectivity index (χ0v) is 9.27. The summed E-state index contributed by atoms with van der Waals surface area (Å²) in [5.41, 5.74) is 4.56. The van der Waals surface area contributed by atoms with E-state index in [-0.39, 0.29) is 0 Å². The van der Waals surface area contributed by atoms with Crippen LogP contribution in [0.4, 0.5) is 0 Å². The van der Waals surface area contributed by atoms with Gasteiger partial charge in [-0.05, 0) is 31.5 Å². The average Bonchev–Trinajstić information content (AvgIpc) is 2.32. The van der Waals surface area contributed by atoms with Gasteiger partial charge in [0.05, 0.1) is 5.69 Å². The zero-order valence-electron chi connectivity index (χ0n) is 9.27. The number of benzene rings is 1. The maximum Gasteiger partial charge on any atom is 0.168 e. The monoisotopic (exact) mass is 212 g/mol. The standard InChI is InChI=1S/C13H12N2O/c1-9-3-4-10(2)12(5-9)13-6-11(7-16)14-8-15-13/h3-8H,1-2H3. The van der Waals surface area contributed by atoms with Crippen molar-refractivity contribution in [3.63, 3.8) is 0 Å². The first-order chi connectivity index (χ1) is 7.70. The van der Waals surface area contributed by atoms with Gasteiger partial charge < -0.3 is 0 Å². The van der Waals surface area contributed by atoms with Crippen LogP contribution in [-0.4, -0.2) is 16.3 Å². The quantitative estimate of drug-likeness (QED) is 0.718. The van der Waals surface area contributed by atoms with Gasteiger partial charge in [-0.15, -0.1) is 0 Å².